The molecule has 1 heterocycles. The number of pyridine rings is 1. The molecule has 0 bridgehead atoms. The number of anilines is 1. The molecule has 2 rings (SSSR count). The lowest BCUT2D eigenvalue weighted by Gasteiger charge is -2.08. The number of hydrogen-bond donors (Lipinski definition) is 2. The summed E-state index contributed by atoms with van der Waals surface area (Å²) in [6, 6.07) is 6.85. The normalized spacial score (nSPS) is 11.1. The first-order valence-electron chi connectivity index (χ1n) is 5.47. The van der Waals surface area contributed by atoms with Crippen LogP contribution in [0.5, 0.6) is 0 Å². The lowest BCUT2D eigenvalue weighted by Crippen LogP contribution is -2.14. The van der Waals surface area contributed by atoms with Gasteiger partial charge < -0.3 is 5.11 Å². The molecule has 6 nitrogen and oxygen atoms in total. The molecular formula is C12H8BrClN2O4S. The van der Waals surface area contributed by atoms with Gasteiger partial charge in [0.05, 0.1) is 16.3 Å². The molecule has 0 saturated carbocycles. The Hall–Kier alpha value is -1.64. The number of benzene rings is 1. The molecule has 0 aliphatic rings. The summed E-state index contributed by atoms with van der Waals surface area (Å²) >= 11 is 9.08. The minimum Gasteiger partial charge on any atom is -0.478 e. The molecule has 0 radical (unpaired) electrons. The van der Waals surface area contributed by atoms with Crippen molar-refractivity contribution in [3.8, 4) is 0 Å². The number of nitrogens with one attached hydrogen (secondary N) is 1. The van der Waals surface area contributed by atoms with Crippen LogP contribution in [0.4, 0.5) is 5.69 Å². The Labute approximate surface area is 134 Å². The van der Waals surface area contributed by atoms with E-state index in [0.717, 1.165) is 12.3 Å². The van der Waals surface area contributed by atoms with Gasteiger partial charge in [-0.25, -0.2) is 9.78 Å². The number of rotatable bonds is 4. The third-order valence-corrected chi connectivity index (χ3v) is 4.96. The van der Waals surface area contributed by atoms with Gasteiger partial charge >= 0.3 is 5.97 Å². The number of hydrogen-bond acceptors (Lipinski definition) is 4. The van der Waals surface area contributed by atoms with Crippen molar-refractivity contribution < 1.29 is 18.3 Å². The lowest BCUT2D eigenvalue weighted by molar-refractivity contribution is 0.0696. The highest BCUT2D eigenvalue weighted by atomic mass is 79.9. The molecule has 0 spiro atoms. The van der Waals surface area contributed by atoms with Crippen LogP contribution in [0, 0.1) is 0 Å². The van der Waals surface area contributed by atoms with Crippen molar-refractivity contribution in [3.63, 3.8) is 0 Å². The number of carboxylic acid groups (broad SMARTS) is 1. The van der Waals surface area contributed by atoms with Crippen LogP contribution in [-0.4, -0.2) is 24.5 Å². The number of carboxylic acids is 1. The van der Waals surface area contributed by atoms with Crippen molar-refractivity contribution in [2.24, 2.45) is 0 Å². The van der Waals surface area contributed by atoms with Crippen molar-refractivity contribution in [1.29, 1.82) is 0 Å². The number of aromatic carboxylic acids is 1. The van der Waals surface area contributed by atoms with Crippen molar-refractivity contribution >= 4 is 49.2 Å². The SMILES string of the molecule is O=C(O)c1ccc(S(=O)(=O)Nc2ccc(Br)c(Cl)c2)nc1. The van der Waals surface area contributed by atoms with Gasteiger partial charge in [0.1, 0.15) is 0 Å². The smallest absolute Gasteiger partial charge is 0.337 e. The molecule has 2 aromatic rings. The van der Waals surface area contributed by atoms with E-state index < -0.39 is 16.0 Å². The third-order valence-electron chi connectivity index (χ3n) is 2.43. The second-order valence-corrected chi connectivity index (χ2v) is 6.82. The zero-order valence-corrected chi connectivity index (χ0v) is 13.4. The Morgan fingerprint density at radius 3 is 2.52 bits per heavy atom. The zero-order valence-electron chi connectivity index (χ0n) is 10.2. The Kier molecular flexibility index (Phi) is 4.50. The van der Waals surface area contributed by atoms with Gasteiger partial charge in [-0.05, 0) is 46.3 Å². The van der Waals surface area contributed by atoms with E-state index >= 15 is 0 Å². The minimum absolute atomic E-state index is 0.0966. The molecule has 1 aromatic heterocycles. The largest absolute Gasteiger partial charge is 0.478 e. The monoisotopic (exact) mass is 390 g/mol. The van der Waals surface area contributed by atoms with Crippen molar-refractivity contribution in [3.05, 3.63) is 51.6 Å². The number of carbonyl (C=O) groups is 1. The summed E-state index contributed by atoms with van der Waals surface area (Å²) in [5, 5.41) is 8.81. The van der Waals surface area contributed by atoms with Gasteiger partial charge in [-0.3, -0.25) is 4.72 Å². The molecule has 0 saturated heterocycles. The quantitative estimate of drug-likeness (QED) is 0.835. The number of aromatic nitrogens is 1. The second-order valence-electron chi connectivity index (χ2n) is 3.92. The van der Waals surface area contributed by atoms with Crippen LogP contribution in [0.1, 0.15) is 10.4 Å². The molecule has 0 fully saturated rings. The van der Waals surface area contributed by atoms with Crippen molar-refractivity contribution in [2.45, 2.75) is 5.03 Å². The highest BCUT2D eigenvalue weighted by molar-refractivity contribution is 9.10. The van der Waals surface area contributed by atoms with E-state index in [1.807, 2.05) is 0 Å². The van der Waals surface area contributed by atoms with E-state index in [0.29, 0.717) is 9.50 Å². The van der Waals surface area contributed by atoms with E-state index in [1.54, 1.807) is 6.07 Å². The molecule has 0 aliphatic carbocycles. The molecule has 0 aliphatic heterocycles. The first-order valence-corrected chi connectivity index (χ1v) is 8.12. The van der Waals surface area contributed by atoms with Gasteiger partial charge in [0.15, 0.2) is 5.03 Å². The molecule has 110 valence electrons. The number of nitrogens with zero attached hydrogens (tertiary/aromatic N) is 1. The van der Waals surface area contributed by atoms with E-state index in [1.165, 1.54) is 18.2 Å². The summed E-state index contributed by atoms with van der Waals surface area (Å²) in [7, 11) is -3.91. The highest BCUT2D eigenvalue weighted by Gasteiger charge is 2.17. The Morgan fingerprint density at radius 2 is 2.00 bits per heavy atom. The van der Waals surface area contributed by atoms with E-state index in [2.05, 4.69) is 25.6 Å². The van der Waals surface area contributed by atoms with Crippen molar-refractivity contribution in [2.75, 3.05) is 4.72 Å². The van der Waals surface area contributed by atoms with Crippen molar-refractivity contribution in [1.82, 2.24) is 4.98 Å². The summed E-state index contributed by atoms with van der Waals surface area (Å²) in [6.07, 6.45) is 0.978. The second kappa shape index (κ2) is 6.00. The average molecular weight is 392 g/mol. The maximum absolute atomic E-state index is 12.1. The summed E-state index contributed by atoms with van der Waals surface area (Å²) in [4.78, 5) is 14.3. The van der Waals surface area contributed by atoms with E-state index in [4.69, 9.17) is 16.7 Å². The predicted molar refractivity (Wildman–Crippen MR) is 81.2 cm³/mol. The Bertz CT molecular complexity index is 793. The van der Waals surface area contributed by atoms with Crippen LogP contribution in [0.2, 0.25) is 5.02 Å². The summed E-state index contributed by atoms with van der Waals surface area (Å²) in [6.45, 7) is 0. The number of sulfonamides is 1. The topological polar surface area (TPSA) is 96.4 Å². The molecule has 0 unspecified atom stereocenters. The molecular weight excluding hydrogens is 384 g/mol. The van der Waals surface area contributed by atoms with Crippen LogP contribution in [-0.2, 0) is 10.0 Å². The molecule has 9 heteroatoms. The summed E-state index contributed by atoms with van der Waals surface area (Å²) in [5.41, 5.74) is 0.174. The molecule has 2 N–H and O–H groups in total. The fourth-order valence-electron chi connectivity index (χ4n) is 1.43. The van der Waals surface area contributed by atoms with Gasteiger partial charge in [0.2, 0.25) is 0 Å². The lowest BCUT2D eigenvalue weighted by atomic mass is 10.3. The fraction of sp³-hybridized carbons (Fsp3) is 0. The Balaban J connectivity index is 2.29. The summed E-state index contributed by atoms with van der Waals surface area (Å²) < 4.78 is 27.1. The highest BCUT2D eigenvalue weighted by Crippen LogP contribution is 2.26. The molecule has 0 amide bonds. The standard InChI is InChI=1S/C12H8BrClN2O4S/c13-9-3-2-8(5-10(9)14)16-21(19,20)11-4-1-7(6-15-11)12(17)18/h1-6,16H,(H,17,18). The third kappa shape index (κ3) is 3.72. The first kappa shape index (κ1) is 15.7. The van der Waals surface area contributed by atoms with Crippen LogP contribution in [0.15, 0.2) is 46.0 Å². The van der Waals surface area contributed by atoms with Gasteiger partial charge in [0, 0.05) is 10.7 Å². The average Bonchev–Trinajstić information content (AvgIpc) is 2.43. The van der Waals surface area contributed by atoms with Gasteiger partial charge in [-0.1, -0.05) is 11.6 Å². The maximum atomic E-state index is 12.1. The molecule has 0 atom stereocenters. The zero-order chi connectivity index (χ0) is 15.6. The van der Waals surface area contributed by atoms with E-state index in [-0.39, 0.29) is 16.3 Å². The van der Waals surface area contributed by atoms with Crippen LogP contribution < -0.4 is 4.72 Å². The summed E-state index contributed by atoms with van der Waals surface area (Å²) in [5.74, 6) is -1.18. The fourth-order valence-corrected chi connectivity index (χ4v) is 2.84. The maximum Gasteiger partial charge on any atom is 0.337 e. The Morgan fingerprint density at radius 1 is 1.29 bits per heavy atom. The van der Waals surface area contributed by atoms with Gasteiger partial charge in [0.25, 0.3) is 10.0 Å². The van der Waals surface area contributed by atoms with Gasteiger partial charge in [-0.15, -0.1) is 0 Å². The predicted octanol–water partition coefficient (Wildman–Crippen LogP) is 3.00. The molecule has 1 aromatic carbocycles. The van der Waals surface area contributed by atoms with Crippen LogP contribution in [0.3, 0.4) is 0 Å². The van der Waals surface area contributed by atoms with E-state index in [9.17, 15) is 13.2 Å². The number of halogens is 2. The van der Waals surface area contributed by atoms with Crippen LogP contribution >= 0.6 is 27.5 Å². The molecule has 21 heavy (non-hydrogen) atoms. The first-order chi connectivity index (χ1) is 9.79. The van der Waals surface area contributed by atoms with Crippen LogP contribution in [0.25, 0.3) is 0 Å². The minimum atomic E-state index is -3.91. The van der Waals surface area contributed by atoms with Gasteiger partial charge in [-0.2, -0.15) is 8.42 Å².